The Kier molecular flexibility index (Phi) is 2.78. The third-order valence-electron chi connectivity index (χ3n) is 3.56. The monoisotopic (exact) mass is 226 g/mol. The van der Waals surface area contributed by atoms with Gasteiger partial charge in [0.1, 0.15) is 0 Å². The van der Waals surface area contributed by atoms with E-state index in [4.69, 9.17) is 5.11 Å². The molecule has 2 unspecified atom stereocenters. The van der Waals surface area contributed by atoms with Crippen LogP contribution in [0.3, 0.4) is 0 Å². The van der Waals surface area contributed by atoms with E-state index in [9.17, 15) is 9.59 Å². The summed E-state index contributed by atoms with van der Waals surface area (Å²) < 4.78 is 0. The summed E-state index contributed by atoms with van der Waals surface area (Å²) in [6.45, 7) is 2.00. The van der Waals surface area contributed by atoms with Crippen molar-refractivity contribution in [2.24, 2.45) is 5.92 Å². The predicted molar refractivity (Wildman–Crippen MR) is 58.1 cm³/mol. The molecule has 16 heavy (non-hydrogen) atoms. The Labute approximate surface area is 94.6 Å². The van der Waals surface area contributed by atoms with E-state index < -0.39 is 11.9 Å². The van der Waals surface area contributed by atoms with Crippen LogP contribution in [0.25, 0.3) is 0 Å². The number of carboxylic acid groups (broad SMARTS) is 1. The van der Waals surface area contributed by atoms with Crippen molar-refractivity contribution in [3.8, 4) is 0 Å². The van der Waals surface area contributed by atoms with Crippen LogP contribution in [-0.4, -0.2) is 28.7 Å². The van der Waals surface area contributed by atoms with E-state index in [2.05, 4.69) is 10.6 Å². The molecule has 3 N–H and O–H groups in total. The molecule has 5 heteroatoms. The molecule has 0 aromatic carbocycles. The maximum Gasteiger partial charge on any atom is 0.315 e. The summed E-state index contributed by atoms with van der Waals surface area (Å²) in [6, 6.07) is -0.432. The van der Waals surface area contributed by atoms with Crippen LogP contribution in [-0.2, 0) is 4.79 Å². The van der Waals surface area contributed by atoms with Crippen molar-refractivity contribution in [2.45, 2.75) is 50.6 Å². The van der Waals surface area contributed by atoms with Gasteiger partial charge < -0.3 is 15.7 Å². The SMILES string of the molecule is CC1(NC(=O)NC2CCCC2C(=O)O)CC1. The molecule has 0 radical (unpaired) electrons. The van der Waals surface area contributed by atoms with Gasteiger partial charge in [-0.1, -0.05) is 6.42 Å². The summed E-state index contributed by atoms with van der Waals surface area (Å²) >= 11 is 0. The van der Waals surface area contributed by atoms with E-state index in [1.807, 2.05) is 6.92 Å². The minimum atomic E-state index is -0.805. The molecular formula is C11H18N2O3. The number of amides is 2. The lowest BCUT2D eigenvalue weighted by molar-refractivity contribution is -0.142. The molecule has 0 spiro atoms. The van der Waals surface area contributed by atoms with E-state index in [0.29, 0.717) is 6.42 Å². The Morgan fingerprint density at radius 1 is 1.31 bits per heavy atom. The molecule has 2 aliphatic carbocycles. The first-order valence-electron chi connectivity index (χ1n) is 5.82. The van der Waals surface area contributed by atoms with Crippen molar-refractivity contribution in [1.29, 1.82) is 0 Å². The van der Waals surface area contributed by atoms with E-state index in [1.54, 1.807) is 0 Å². The molecule has 2 amide bonds. The van der Waals surface area contributed by atoms with E-state index in [0.717, 1.165) is 25.7 Å². The zero-order chi connectivity index (χ0) is 11.8. The quantitative estimate of drug-likeness (QED) is 0.674. The molecule has 0 bridgehead atoms. The molecule has 2 fully saturated rings. The van der Waals surface area contributed by atoms with Crippen LogP contribution in [0, 0.1) is 5.92 Å². The van der Waals surface area contributed by atoms with Crippen LogP contribution in [0.1, 0.15) is 39.0 Å². The Morgan fingerprint density at radius 2 is 2.00 bits per heavy atom. The topological polar surface area (TPSA) is 78.4 Å². The molecule has 0 heterocycles. The molecule has 0 aromatic heterocycles. The summed E-state index contributed by atoms with van der Waals surface area (Å²) in [6.07, 6.45) is 4.32. The van der Waals surface area contributed by atoms with Gasteiger partial charge in [-0.2, -0.15) is 0 Å². The van der Waals surface area contributed by atoms with E-state index >= 15 is 0 Å². The Balaban J connectivity index is 1.84. The Morgan fingerprint density at radius 3 is 2.56 bits per heavy atom. The minimum Gasteiger partial charge on any atom is -0.481 e. The third-order valence-corrected chi connectivity index (χ3v) is 3.56. The number of carbonyl (C=O) groups is 2. The highest BCUT2D eigenvalue weighted by atomic mass is 16.4. The first-order valence-corrected chi connectivity index (χ1v) is 5.82. The number of hydrogen-bond acceptors (Lipinski definition) is 2. The van der Waals surface area contributed by atoms with E-state index in [-0.39, 0.29) is 17.6 Å². The molecule has 2 rings (SSSR count). The van der Waals surface area contributed by atoms with Gasteiger partial charge in [0.15, 0.2) is 0 Å². The summed E-state index contributed by atoms with van der Waals surface area (Å²) in [5.74, 6) is -1.22. The smallest absolute Gasteiger partial charge is 0.315 e. The van der Waals surface area contributed by atoms with Crippen molar-refractivity contribution in [2.75, 3.05) is 0 Å². The van der Waals surface area contributed by atoms with Crippen LogP contribution < -0.4 is 10.6 Å². The average Bonchev–Trinajstić information content (AvgIpc) is 2.74. The number of carboxylic acids is 1. The molecule has 0 saturated heterocycles. The van der Waals surface area contributed by atoms with Gasteiger partial charge in [0.05, 0.1) is 5.92 Å². The fourth-order valence-corrected chi connectivity index (χ4v) is 2.22. The maximum absolute atomic E-state index is 11.6. The molecule has 2 aliphatic rings. The van der Waals surface area contributed by atoms with Gasteiger partial charge in [0, 0.05) is 11.6 Å². The summed E-state index contributed by atoms with van der Waals surface area (Å²) in [7, 11) is 0. The predicted octanol–water partition coefficient (Wildman–Crippen LogP) is 1.09. The number of nitrogens with one attached hydrogen (secondary N) is 2. The normalized spacial score (nSPS) is 30.8. The van der Waals surface area contributed by atoms with E-state index in [1.165, 1.54) is 0 Å². The first-order chi connectivity index (χ1) is 7.50. The minimum absolute atomic E-state index is 0.0542. The molecule has 2 atom stereocenters. The summed E-state index contributed by atoms with van der Waals surface area (Å²) in [5.41, 5.74) is -0.0542. The average molecular weight is 226 g/mol. The zero-order valence-electron chi connectivity index (χ0n) is 9.45. The lowest BCUT2D eigenvalue weighted by atomic mass is 10.0. The van der Waals surface area contributed by atoms with Crippen LogP contribution in [0.2, 0.25) is 0 Å². The Hall–Kier alpha value is -1.26. The second-order valence-corrected chi connectivity index (χ2v) is 5.14. The van der Waals surface area contributed by atoms with Crippen LogP contribution in [0.4, 0.5) is 4.79 Å². The Bertz CT molecular complexity index is 312. The number of urea groups is 1. The number of rotatable bonds is 3. The number of aliphatic carboxylic acids is 1. The van der Waals surface area contributed by atoms with Crippen LogP contribution >= 0.6 is 0 Å². The van der Waals surface area contributed by atoms with Crippen molar-refractivity contribution < 1.29 is 14.7 Å². The molecule has 90 valence electrons. The fraction of sp³-hybridized carbons (Fsp3) is 0.818. The molecular weight excluding hydrogens is 208 g/mol. The van der Waals surface area contributed by atoms with Gasteiger partial charge in [-0.05, 0) is 32.6 Å². The highest BCUT2D eigenvalue weighted by Crippen LogP contribution is 2.34. The van der Waals surface area contributed by atoms with Crippen LogP contribution in [0.5, 0.6) is 0 Å². The van der Waals surface area contributed by atoms with Gasteiger partial charge in [0.25, 0.3) is 0 Å². The summed E-state index contributed by atoms with van der Waals surface area (Å²) in [5, 5.41) is 14.6. The third kappa shape index (κ3) is 2.46. The first kappa shape index (κ1) is 11.2. The van der Waals surface area contributed by atoms with Crippen LogP contribution in [0.15, 0.2) is 0 Å². The van der Waals surface area contributed by atoms with Gasteiger partial charge in [-0.3, -0.25) is 4.79 Å². The zero-order valence-corrected chi connectivity index (χ0v) is 9.45. The van der Waals surface area contributed by atoms with Crippen molar-refractivity contribution in [1.82, 2.24) is 10.6 Å². The van der Waals surface area contributed by atoms with Gasteiger partial charge in [0.2, 0.25) is 0 Å². The van der Waals surface area contributed by atoms with Crippen molar-refractivity contribution in [3.05, 3.63) is 0 Å². The second kappa shape index (κ2) is 3.96. The van der Waals surface area contributed by atoms with Gasteiger partial charge in [-0.15, -0.1) is 0 Å². The standard InChI is InChI=1S/C11H18N2O3/c1-11(5-6-11)13-10(16)12-8-4-2-3-7(8)9(14)15/h7-8H,2-6H2,1H3,(H,14,15)(H2,12,13,16). The number of carbonyl (C=O) groups excluding carboxylic acids is 1. The largest absolute Gasteiger partial charge is 0.481 e. The van der Waals surface area contributed by atoms with Gasteiger partial charge >= 0.3 is 12.0 Å². The lowest BCUT2D eigenvalue weighted by Crippen LogP contribution is -2.48. The fourth-order valence-electron chi connectivity index (χ4n) is 2.22. The number of hydrogen-bond donors (Lipinski definition) is 3. The molecule has 2 saturated carbocycles. The molecule has 5 nitrogen and oxygen atoms in total. The van der Waals surface area contributed by atoms with Gasteiger partial charge in [-0.25, -0.2) is 4.79 Å². The highest BCUT2D eigenvalue weighted by Gasteiger charge is 2.40. The maximum atomic E-state index is 11.6. The molecule has 0 aliphatic heterocycles. The van der Waals surface area contributed by atoms with Crippen molar-refractivity contribution in [3.63, 3.8) is 0 Å². The highest BCUT2D eigenvalue weighted by molar-refractivity contribution is 5.77. The van der Waals surface area contributed by atoms with Crippen molar-refractivity contribution >= 4 is 12.0 Å². The summed E-state index contributed by atoms with van der Waals surface area (Å²) in [4.78, 5) is 22.5. The molecule has 0 aromatic rings. The second-order valence-electron chi connectivity index (χ2n) is 5.14. The lowest BCUT2D eigenvalue weighted by Gasteiger charge is -2.20.